The SMILES string of the molecule is Cc1cc(C)c(OC(=O)c2sccc2S(=O)(=O)Nc2onc(C)c2Br)c(C)c1. The van der Waals surface area contributed by atoms with Gasteiger partial charge in [-0.05, 0) is 66.2 Å². The number of carbonyl (C=O) groups is 1. The van der Waals surface area contributed by atoms with E-state index < -0.39 is 16.0 Å². The number of aryl methyl sites for hydroxylation is 4. The van der Waals surface area contributed by atoms with Crippen molar-refractivity contribution < 1.29 is 22.5 Å². The fourth-order valence-electron chi connectivity index (χ4n) is 2.72. The Kier molecular flexibility index (Phi) is 5.64. The van der Waals surface area contributed by atoms with Gasteiger partial charge < -0.3 is 9.26 Å². The van der Waals surface area contributed by atoms with Crippen molar-refractivity contribution in [3.05, 3.63) is 55.3 Å². The minimum Gasteiger partial charge on any atom is -0.422 e. The van der Waals surface area contributed by atoms with Crippen LogP contribution in [0.25, 0.3) is 0 Å². The zero-order valence-corrected chi connectivity index (χ0v) is 18.7. The van der Waals surface area contributed by atoms with Crippen molar-refractivity contribution >= 4 is 49.1 Å². The van der Waals surface area contributed by atoms with E-state index in [0.29, 0.717) is 15.9 Å². The van der Waals surface area contributed by atoms with Crippen LogP contribution in [0.2, 0.25) is 0 Å². The van der Waals surface area contributed by atoms with Crippen LogP contribution in [0.15, 0.2) is 37.5 Å². The topological polar surface area (TPSA) is 98.5 Å². The van der Waals surface area contributed by atoms with E-state index in [2.05, 4.69) is 25.8 Å². The van der Waals surface area contributed by atoms with Gasteiger partial charge in [-0.1, -0.05) is 22.9 Å². The number of rotatable bonds is 5. The molecule has 0 amide bonds. The molecule has 2 heterocycles. The monoisotopic (exact) mass is 484 g/mol. The Morgan fingerprint density at radius 1 is 1.21 bits per heavy atom. The number of hydrogen-bond donors (Lipinski definition) is 1. The maximum Gasteiger partial charge on any atom is 0.355 e. The molecule has 0 saturated carbocycles. The highest BCUT2D eigenvalue weighted by molar-refractivity contribution is 9.10. The summed E-state index contributed by atoms with van der Waals surface area (Å²) in [5.74, 6) is -0.375. The number of anilines is 1. The molecule has 1 aromatic carbocycles. The largest absolute Gasteiger partial charge is 0.422 e. The summed E-state index contributed by atoms with van der Waals surface area (Å²) in [7, 11) is -4.08. The first-order valence-electron chi connectivity index (χ1n) is 8.12. The molecule has 0 aliphatic rings. The van der Waals surface area contributed by atoms with Crippen LogP contribution in [0.1, 0.15) is 32.1 Å². The molecule has 10 heteroatoms. The van der Waals surface area contributed by atoms with Gasteiger partial charge in [-0.3, -0.25) is 0 Å². The standard InChI is InChI=1S/C18H17BrN2O5S2/c1-9-7-10(2)15(11(3)8-9)25-18(22)16-13(5-6-27-16)28(23,24)21-17-14(19)12(4)20-26-17/h5-8,21H,1-4H3. The number of benzene rings is 1. The average molecular weight is 485 g/mol. The van der Waals surface area contributed by atoms with Crippen LogP contribution in [0.5, 0.6) is 5.75 Å². The van der Waals surface area contributed by atoms with E-state index in [1.807, 2.05) is 32.9 Å². The van der Waals surface area contributed by atoms with Crippen molar-refractivity contribution in [2.45, 2.75) is 32.6 Å². The van der Waals surface area contributed by atoms with E-state index in [4.69, 9.17) is 9.26 Å². The predicted molar refractivity (Wildman–Crippen MR) is 110 cm³/mol. The molecule has 28 heavy (non-hydrogen) atoms. The molecule has 0 bridgehead atoms. The lowest BCUT2D eigenvalue weighted by Crippen LogP contribution is -2.17. The molecule has 0 radical (unpaired) electrons. The quantitative estimate of drug-likeness (QED) is 0.414. The molecular weight excluding hydrogens is 468 g/mol. The van der Waals surface area contributed by atoms with Crippen molar-refractivity contribution in [2.75, 3.05) is 4.72 Å². The number of ether oxygens (including phenoxy) is 1. The Morgan fingerprint density at radius 2 is 1.86 bits per heavy atom. The molecule has 2 aromatic heterocycles. The number of hydrogen-bond acceptors (Lipinski definition) is 7. The van der Waals surface area contributed by atoms with Crippen LogP contribution >= 0.6 is 27.3 Å². The van der Waals surface area contributed by atoms with Crippen molar-refractivity contribution in [1.82, 2.24) is 5.16 Å². The van der Waals surface area contributed by atoms with Gasteiger partial charge in [0.2, 0.25) is 0 Å². The third-order valence-corrected chi connectivity index (χ3v) is 7.25. The minimum absolute atomic E-state index is 0.0285. The zero-order valence-electron chi connectivity index (χ0n) is 15.5. The lowest BCUT2D eigenvalue weighted by molar-refractivity contribution is 0.0733. The van der Waals surface area contributed by atoms with E-state index in [-0.39, 0.29) is 15.7 Å². The highest BCUT2D eigenvalue weighted by Gasteiger charge is 2.28. The number of thiophene rings is 1. The fraction of sp³-hybridized carbons (Fsp3) is 0.222. The van der Waals surface area contributed by atoms with Crippen molar-refractivity contribution in [3.63, 3.8) is 0 Å². The Bertz CT molecular complexity index is 1140. The summed E-state index contributed by atoms with van der Waals surface area (Å²) in [4.78, 5) is 12.5. The highest BCUT2D eigenvalue weighted by Crippen LogP contribution is 2.31. The van der Waals surface area contributed by atoms with Crippen LogP contribution in [-0.4, -0.2) is 19.5 Å². The van der Waals surface area contributed by atoms with Crippen molar-refractivity contribution in [3.8, 4) is 5.75 Å². The number of nitrogens with zero attached hydrogens (tertiary/aromatic N) is 1. The molecule has 0 saturated heterocycles. The molecule has 0 atom stereocenters. The first-order valence-corrected chi connectivity index (χ1v) is 11.3. The van der Waals surface area contributed by atoms with Crippen LogP contribution < -0.4 is 9.46 Å². The lowest BCUT2D eigenvalue weighted by atomic mass is 10.1. The third-order valence-electron chi connectivity index (χ3n) is 3.92. The Balaban J connectivity index is 1.91. The van der Waals surface area contributed by atoms with E-state index >= 15 is 0 Å². The molecule has 0 aliphatic carbocycles. The van der Waals surface area contributed by atoms with E-state index in [0.717, 1.165) is 28.0 Å². The van der Waals surface area contributed by atoms with Gasteiger partial charge in [0, 0.05) is 0 Å². The van der Waals surface area contributed by atoms with Gasteiger partial charge in [-0.2, -0.15) is 0 Å². The van der Waals surface area contributed by atoms with Gasteiger partial charge in [-0.15, -0.1) is 11.3 Å². The van der Waals surface area contributed by atoms with Crippen LogP contribution in [-0.2, 0) is 10.0 Å². The fourth-order valence-corrected chi connectivity index (χ4v) is 5.39. The highest BCUT2D eigenvalue weighted by atomic mass is 79.9. The van der Waals surface area contributed by atoms with Crippen LogP contribution in [0.3, 0.4) is 0 Å². The number of halogens is 1. The predicted octanol–water partition coefficient (Wildman–Crippen LogP) is 4.75. The molecule has 148 valence electrons. The second kappa shape index (κ2) is 7.69. The molecule has 0 unspecified atom stereocenters. The first-order chi connectivity index (χ1) is 13.1. The second-order valence-electron chi connectivity index (χ2n) is 6.25. The van der Waals surface area contributed by atoms with Crippen LogP contribution in [0, 0.1) is 27.7 Å². The summed E-state index contributed by atoms with van der Waals surface area (Å²) in [5, 5.41) is 5.20. The molecule has 1 N–H and O–H groups in total. The molecule has 7 nitrogen and oxygen atoms in total. The summed E-state index contributed by atoms with van der Waals surface area (Å²) in [6.45, 7) is 7.27. The Morgan fingerprint density at radius 3 is 2.43 bits per heavy atom. The van der Waals surface area contributed by atoms with Crippen LogP contribution in [0.4, 0.5) is 5.88 Å². The maximum atomic E-state index is 12.8. The van der Waals surface area contributed by atoms with E-state index in [1.165, 1.54) is 11.4 Å². The average Bonchev–Trinajstić information content (AvgIpc) is 3.21. The smallest absolute Gasteiger partial charge is 0.355 e. The van der Waals surface area contributed by atoms with E-state index in [9.17, 15) is 13.2 Å². The summed E-state index contributed by atoms with van der Waals surface area (Å²) < 4.78 is 38.7. The minimum atomic E-state index is -4.08. The summed E-state index contributed by atoms with van der Waals surface area (Å²) in [6.07, 6.45) is 0. The first kappa shape index (κ1) is 20.6. The second-order valence-corrected chi connectivity index (χ2v) is 9.61. The summed E-state index contributed by atoms with van der Waals surface area (Å²) >= 11 is 4.19. The molecule has 3 rings (SSSR count). The molecular formula is C18H17BrN2O5S2. The van der Waals surface area contributed by atoms with Gasteiger partial charge in [0.1, 0.15) is 20.0 Å². The summed E-state index contributed by atoms with van der Waals surface area (Å²) in [6, 6.07) is 5.13. The number of aromatic nitrogens is 1. The zero-order chi connectivity index (χ0) is 20.6. The van der Waals surface area contributed by atoms with Crippen molar-refractivity contribution in [2.24, 2.45) is 0 Å². The molecule has 0 fully saturated rings. The number of nitrogens with one attached hydrogen (secondary N) is 1. The lowest BCUT2D eigenvalue weighted by Gasteiger charge is -2.12. The number of esters is 1. The van der Waals surface area contributed by atoms with Gasteiger partial charge in [-0.25, -0.2) is 17.9 Å². The van der Waals surface area contributed by atoms with E-state index in [1.54, 1.807) is 6.92 Å². The molecule has 0 aliphatic heterocycles. The molecule has 3 aromatic rings. The van der Waals surface area contributed by atoms with Crippen molar-refractivity contribution in [1.29, 1.82) is 0 Å². The number of sulfonamides is 1. The van der Waals surface area contributed by atoms with Gasteiger partial charge in [0.05, 0.1) is 5.69 Å². The van der Waals surface area contributed by atoms with Gasteiger partial charge in [0.25, 0.3) is 15.9 Å². The summed E-state index contributed by atoms with van der Waals surface area (Å²) in [5.41, 5.74) is 3.14. The van der Waals surface area contributed by atoms with Gasteiger partial charge >= 0.3 is 5.97 Å². The normalized spacial score (nSPS) is 11.5. The maximum absolute atomic E-state index is 12.8. The Labute approximate surface area is 174 Å². The third kappa shape index (κ3) is 3.98. The van der Waals surface area contributed by atoms with Gasteiger partial charge in [0.15, 0.2) is 0 Å². The molecule has 0 spiro atoms. The Hall–Kier alpha value is -2.17. The number of carbonyl (C=O) groups excluding carboxylic acids is 1.